The van der Waals surface area contributed by atoms with Gasteiger partial charge in [-0.3, -0.25) is 4.79 Å². The zero-order valence-electron chi connectivity index (χ0n) is 12.5. The SMILES string of the molecule is CCN(CC)S(=O)(=O)c1cccc(NC(=O)CNC(N)=O)c1. The van der Waals surface area contributed by atoms with Crippen molar-refractivity contribution in [2.24, 2.45) is 5.73 Å². The molecule has 0 aliphatic carbocycles. The molecule has 0 bridgehead atoms. The highest BCUT2D eigenvalue weighted by molar-refractivity contribution is 7.89. The van der Waals surface area contributed by atoms with Crippen LogP contribution in [0.4, 0.5) is 10.5 Å². The molecule has 1 rings (SSSR count). The smallest absolute Gasteiger partial charge is 0.312 e. The molecule has 3 amide bonds. The zero-order chi connectivity index (χ0) is 16.8. The van der Waals surface area contributed by atoms with Gasteiger partial charge in [-0.25, -0.2) is 13.2 Å². The van der Waals surface area contributed by atoms with E-state index in [1.165, 1.54) is 22.5 Å². The third-order valence-electron chi connectivity index (χ3n) is 2.88. The summed E-state index contributed by atoms with van der Waals surface area (Å²) in [6, 6.07) is 5.12. The largest absolute Gasteiger partial charge is 0.352 e. The fourth-order valence-corrected chi connectivity index (χ4v) is 3.32. The lowest BCUT2D eigenvalue weighted by atomic mass is 10.3. The molecule has 0 radical (unpaired) electrons. The number of anilines is 1. The van der Waals surface area contributed by atoms with E-state index in [1.807, 2.05) is 0 Å². The number of benzene rings is 1. The van der Waals surface area contributed by atoms with Gasteiger partial charge in [-0.05, 0) is 18.2 Å². The second-order valence-corrected chi connectivity index (χ2v) is 6.32. The minimum Gasteiger partial charge on any atom is -0.352 e. The molecular weight excluding hydrogens is 308 g/mol. The summed E-state index contributed by atoms with van der Waals surface area (Å²) in [7, 11) is -3.59. The molecule has 0 aromatic heterocycles. The lowest BCUT2D eigenvalue weighted by Crippen LogP contribution is -2.36. The van der Waals surface area contributed by atoms with Crippen molar-refractivity contribution >= 4 is 27.6 Å². The van der Waals surface area contributed by atoms with Gasteiger partial charge in [-0.1, -0.05) is 19.9 Å². The molecule has 0 spiro atoms. The third kappa shape index (κ3) is 4.71. The number of amides is 3. The number of rotatable bonds is 7. The molecule has 122 valence electrons. The second-order valence-electron chi connectivity index (χ2n) is 4.38. The van der Waals surface area contributed by atoms with E-state index in [0.29, 0.717) is 18.8 Å². The summed E-state index contributed by atoms with van der Waals surface area (Å²) in [5.74, 6) is -0.504. The quantitative estimate of drug-likeness (QED) is 0.667. The van der Waals surface area contributed by atoms with Gasteiger partial charge in [-0.2, -0.15) is 4.31 Å². The molecule has 22 heavy (non-hydrogen) atoms. The van der Waals surface area contributed by atoms with Crippen LogP contribution in [0.15, 0.2) is 29.2 Å². The Bertz CT molecular complexity index is 641. The van der Waals surface area contributed by atoms with Crippen LogP contribution in [0.3, 0.4) is 0 Å². The molecule has 0 aliphatic heterocycles. The molecule has 0 saturated carbocycles. The number of carbonyl (C=O) groups is 2. The maximum absolute atomic E-state index is 12.4. The first-order valence-corrected chi connectivity index (χ1v) is 8.18. The van der Waals surface area contributed by atoms with Crippen molar-refractivity contribution in [3.63, 3.8) is 0 Å². The Morgan fingerprint density at radius 3 is 2.41 bits per heavy atom. The summed E-state index contributed by atoms with van der Waals surface area (Å²) in [6.07, 6.45) is 0. The van der Waals surface area contributed by atoms with Gasteiger partial charge in [0.15, 0.2) is 0 Å². The second kappa shape index (κ2) is 7.76. The minimum atomic E-state index is -3.59. The molecule has 8 nitrogen and oxygen atoms in total. The molecule has 1 aromatic rings. The van der Waals surface area contributed by atoms with Crippen molar-refractivity contribution in [3.05, 3.63) is 24.3 Å². The van der Waals surface area contributed by atoms with Crippen LogP contribution < -0.4 is 16.4 Å². The number of hydrogen-bond acceptors (Lipinski definition) is 4. The van der Waals surface area contributed by atoms with E-state index in [9.17, 15) is 18.0 Å². The van der Waals surface area contributed by atoms with Gasteiger partial charge in [0.2, 0.25) is 15.9 Å². The predicted molar refractivity (Wildman–Crippen MR) is 82.8 cm³/mol. The average Bonchev–Trinajstić information content (AvgIpc) is 2.46. The standard InChI is InChI=1S/C13H20N4O4S/c1-3-17(4-2)22(20,21)11-7-5-6-10(8-11)16-12(18)9-15-13(14)19/h5-8H,3-4,9H2,1-2H3,(H,16,18)(H3,14,15,19). The number of urea groups is 1. The van der Waals surface area contributed by atoms with Crippen LogP contribution in [0.5, 0.6) is 0 Å². The molecule has 0 fully saturated rings. The molecule has 0 unspecified atom stereocenters. The summed E-state index contributed by atoms with van der Waals surface area (Å²) >= 11 is 0. The summed E-state index contributed by atoms with van der Waals surface area (Å²) in [6.45, 7) is 3.93. The molecular formula is C13H20N4O4S. The Morgan fingerprint density at radius 1 is 1.23 bits per heavy atom. The topological polar surface area (TPSA) is 122 Å². The van der Waals surface area contributed by atoms with Gasteiger partial charge in [-0.15, -0.1) is 0 Å². The summed E-state index contributed by atoms with van der Waals surface area (Å²) < 4.78 is 26.1. The Kier molecular flexibility index (Phi) is 6.32. The fraction of sp³-hybridized carbons (Fsp3) is 0.385. The lowest BCUT2D eigenvalue weighted by molar-refractivity contribution is -0.115. The molecule has 0 atom stereocenters. The predicted octanol–water partition coefficient (Wildman–Crippen LogP) is 0.324. The average molecular weight is 328 g/mol. The van der Waals surface area contributed by atoms with Crippen LogP contribution in [0.1, 0.15) is 13.8 Å². The van der Waals surface area contributed by atoms with Crippen molar-refractivity contribution < 1.29 is 18.0 Å². The first-order valence-electron chi connectivity index (χ1n) is 6.74. The summed E-state index contributed by atoms with van der Waals surface area (Å²) in [5, 5.41) is 4.64. The van der Waals surface area contributed by atoms with Crippen molar-refractivity contribution in [1.29, 1.82) is 0 Å². The Hall–Kier alpha value is -2.13. The molecule has 0 saturated heterocycles. The minimum absolute atomic E-state index is 0.0943. The van der Waals surface area contributed by atoms with Crippen LogP contribution in [-0.4, -0.2) is 44.3 Å². The third-order valence-corrected chi connectivity index (χ3v) is 4.93. The Balaban J connectivity index is 2.90. The molecule has 9 heteroatoms. The highest BCUT2D eigenvalue weighted by Gasteiger charge is 2.21. The van der Waals surface area contributed by atoms with E-state index in [2.05, 4.69) is 10.6 Å². The first-order chi connectivity index (χ1) is 10.3. The number of primary amides is 1. The molecule has 0 heterocycles. The van der Waals surface area contributed by atoms with Gasteiger partial charge >= 0.3 is 6.03 Å². The van der Waals surface area contributed by atoms with E-state index in [0.717, 1.165) is 0 Å². The first kappa shape index (κ1) is 17.9. The molecule has 1 aromatic carbocycles. The highest BCUT2D eigenvalue weighted by atomic mass is 32.2. The van der Waals surface area contributed by atoms with E-state index >= 15 is 0 Å². The number of nitrogens with zero attached hydrogens (tertiary/aromatic N) is 1. The Morgan fingerprint density at radius 2 is 1.86 bits per heavy atom. The monoisotopic (exact) mass is 328 g/mol. The van der Waals surface area contributed by atoms with E-state index < -0.39 is 22.0 Å². The molecule has 4 N–H and O–H groups in total. The normalized spacial score (nSPS) is 11.2. The van der Waals surface area contributed by atoms with Gasteiger partial charge in [0.1, 0.15) is 0 Å². The highest BCUT2D eigenvalue weighted by Crippen LogP contribution is 2.19. The number of sulfonamides is 1. The van der Waals surface area contributed by atoms with Crippen LogP contribution in [0.25, 0.3) is 0 Å². The van der Waals surface area contributed by atoms with Crippen LogP contribution in [0, 0.1) is 0 Å². The number of nitrogens with two attached hydrogens (primary N) is 1. The number of hydrogen-bond donors (Lipinski definition) is 3. The summed E-state index contributed by atoms with van der Waals surface area (Å²) in [4.78, 5) is 22.2. The molecule has 0 aliphatic rings. The van der Waals surface area contributed by atoms with E-state index in [-0.39, 0.29) is 11.4 Å². The van der Waals surface area contributed by atoms with Gasteiger partial charge < -0.3 is 16.4 Å². The van der Waals surface area contributed by atoms with E-state index in [1.54, 1.807) is 19.9 Å². The maximum atomic E-state index is 12.4. The zero-order valence-corrected chi connectivity index (χ0v) is 13.3. The van der Waals surface area contributed by atoms with Crippen LogP contribution >= 0.6 is 0 Å². The summed E-state index contributed by atoms with van der Waals surface area (Å²) in [5.41, 5.74) is 5.19. The van der Waals surface area contributed by atoms with Crippen LogP contribution in [-0.2, 0) is 14.8 Å². The lowest BCUT2D eigenvalue weighted by Gasteiger charge is -2.18. The van der Waals surface area contributed by atoms with Gasteiger partial charge in [0.25, 0.3) is 0 Å². The van der Waals surface area contributed by atoms with Crippen molar-refractivity contribution in [2.75, 3.05) is 25.0 Å². The van der Waals surface area contributed by atoms with Crippen LogP contribution in [0.2, 0.25) is 0 Å². The van der Waals surface area contributed by atoms with E-state index in [4.69, 9.17) is 5.73 Å². The fourth-order valence-electron chi connectivity index (χ4n) is 1.82. The van der Waals surface area contributed by atoms with Crippen molar-refractivity contribution in [1.82, 2.24) is 9.62 Å². The number of carbonyl (C=O) groups excluding carboxylic acids is 2. The van der Waals surface area contributed by atoms with Crippen molar-refractivity contribution in [3.8, 4) is 0 Å². The van der Waals surface area contributed by atoms with Crippen molar-refractivity contribution in [2.45, 2.75) is 18.7 Å². The number of nitrogens with one attached hydrogen (secondary N) is 2. The van der Waals surface area contributed by atoms with Gasteiger partial charge in [0.05, 0.1) is 11.4 Å². The van der Waals surface area contributed by atoms with Gasteiger partial charge in [0, 0.05) is 18.8 Å². The Labute approximate surface area is 129 Å². The maximum Gasteiger partial charge on any atom is 0.312 e.